The van der Waals surface area contributed by atoms with Crippen LogP contribution in [0, 0.1) is 5.92 Å². The van der Waals surface area contributed by atoms with Gasteiger partial charge in [-0.15, -0.1) is 0 Å². The van der Waals surface area contributed by atoms with Crippen molar-refractivity contribution < 1.29 is 0 Å². The summed E-state index contributed by atoms with van der Waals surface area (Å²) in [6, 6.07) is 9.29. The Hall–Kier alpha value is -0.570. The van der Waals surface area contributed by atoms with Gasteiger partial charge in [0.2, 0.25) is 0 Å². The number of halogens is 1. The highest BCUT2D eigenvalue weighted by Gasteiger charge is 2.36. The van der Waals surface area contributed by atoms with Gasteiger partial charge in [-0.3, -0.25) is 4.90 Å². The number of rotatable bonds is 4. The molecule has 100 valence electrons. The molecule has 2 atom stereocenters. The Morgan fingerprint density at radius 1 is 1.39 bits per heavy atom. The first kappa shape index (κ1) is 13.9. The highest BCUT2D eigenvalue weighted by Crippen LogP contribution is 2.40. The Kier molecular flexibility index (Phi) is 4.66. The van der Waals surface area contributed by atoms with Crippen LogP contribution in [0.2, 0.25) is 5.02 Å². The molecule has 2 nitrogen and oxygen atoms in total. The van der Waals surface area contributed by atoms with Crippen LogP contribution in [0.4, 0.5) is 0 Å². The van der Waals surface area contributed by atoms with Gasteiger partial charge in [0.1, 0.15) is 0 Å². The Morgan fingerprint density at radius 3 is 2.72 bits per heavy atom. The monoisotopic (exact) mass is 266 g/mol. The molecule has 1 aliphatic heterocycles. The maximum absolute atomic E-state index is 6.39. The van der Waals surface area contributed by atoms with Gasteiger partial charge in [-0.2, -0.15) is 0 Å². The van der Waals surface area contributed by atoms with Crippen molar-refractivity contribution in [3.63, 3.8) is 0 Å². The van der Waals surface area contributed by atoms with E-state index in [0.29, 0.717) is 18.0 Å². The zero-order chi connectivity index (χ0) is 13.1. The van der Waals surface area contributed by atoms with Crippen molar-refractivity contribution >= 4 is 11.6 Å². The second-order valence-electron chi connectivity index (χ2n) is 5.40. The van der Waals surface area contributed by atoms with E-state index in [1.54, 1.807) is 0 Å². The van der Waals surface area contributed by atoms with E-state index in [1.807, 2.05) is 19.2 Å². The first-order valence-corrected chi connectivity index (χ1v) is 7.17. The number of hydrogen-bond acceptors (Lipinski definition) is 2. The summed E-state index contributed by atoms with van der Waals surface area (Å²) in [6.07, 6.45) is 1.24. The molecule has 1 aromatic carbocycles. The van der Waals surface area contributed by atoms with E-state index < -0.39 is 0 Å². The lowest BCUT2D eigenvalue weighted by Crippen LogP contribution is -2.34. The van der Waals surface area contributed by atoms with Gasteiger partial charge in [0.05, 0.1) is 0 Å². The number of nitrogens with one attached hydrogen (secondary N) is 1. The van der Waals surface area contributed by atoms with Crippen LogP contribution in [-0.4, -0.2) is 31.1 Å². The molecule has 0 aromatic heterocycles. The summed E-state index contributed by atoms with van der Waals surface area (Å²) >= 11 is 6.39. The van der Waals surface area contributed by atoms with Gasteiger partial charge < -0.3 is 5.32 Å². The Bertz CT molecular complexity index is 392. The smallest absolute Gasteiger partial charge is 0.0453 e. The number of hydrogen-bond donors (Lipinski definition) is 1. The molecule has 1 aliphatic rings. The second-order valence-corrected chi connectivity index (χ2v) is 5.81. The minimum Gasteiger partial charge on any atom is -0.319 e. The highest BCUT2D eigenvalue weighted by molar-refractivity contribution is 6.31. The normalized spacial score (nSPS) is 24.9. The lowest BCUT2D eigenvalue weighted by atomic mass is 9.93. The minimum absolute atomic E-state index is 0.450. The highest BCUT2D eigenvalue weighted by atomic mass is 35.5. The fourth-order valence-electron chi connectivity index (χ4n) is 3.09. The van der Waals surface area contributed by atoms with E-state index in [2.05, 4.69) is 36.2 Å². The third-order valence-electron chi connectivity index (χ3n) is 3.92. The summed E-state index contributed by atoms with van der Waals surface area (Å²) in [5.41, 5.74) is 1.28. The average molecular weight is 267 g/mol. The van der Waals surface area contributed by atoms with E-state index in [4.69, 9.17) is 11.6 Å². The largest absolute Gasteiger partial charge is 0.319 e. The molecule has 2 rings (SSSR count). The summed E-state index contributed by atoms with van der Waals surface area (Å²) in [7, 11) is 2.03. The molecule has 1 fully saturated rings. The van der Waals surface area contributed by atoms with E-state index in [1.165, 1.54) is 18.5 Å². The minimum atomic E-state index is 0.450. The lowest BCUT2D eigenvalue weighted by Gasteiger charge is -2.32. The van der Waals surface area contributed by atoms with Crippen molar-refractivity contribution in [3.8, 4) is 0 Å². The van der Waals surface area contributed by atoms with Crippen molar-refractivity contribution in [1.29, 1.82) is 0 Å². The second kappa shape index (κ2) is 6.05. The van der Waals surface area contributed by atoms with Gasteiger partial charge in [0.15, 0.2) is 0 Å². The number of nitrogens with zero attached hydrogens (tertiary/aromatic N) is 1. The Balaban J connectivity index is 2.31. The van der Waals surface area contributed by atoms with Crippen LogP contribution in [-0.2, 0) is 0 Å². The third-order valence-corrected chi connectivity index (χ3v) is 4.26. The van der Waals surface area contributed by atoms with Gasteiger partial charge in [0.25, 0.3) is 0 Å². The van der Waals surface area contributed by atoms with Crippen molar-refractivity contribution in [2.75, 3.05) is 20.1 Å². The van der Waals surface area contributed by atoms with E-state index in [-0.39, 0.29) is 0 Å². The van der Waals surface area contributed by atoms with E-state index in [0.717, 1.165) is 11.6 Å². The maximum Gasteiger partial charge on any atom is 0.0453 e. The number of benzene rings is 1. The van der Waals surface area contributed by atoms with Gasteiger partial charge in [-0.25, -0.2) is 0 Å². The van der Waals surface area contributed by atoms with Crippen molar-refractivity contribution in [3.05, 3.63) is 34.9 Å². The van der Waals surface area contributed by atoms with Crippen molar-refractivity contribution in [1.82, 2.24) is 10.2 Å². The predicted molar refractivity (Wildman–Crippen MR) is 78.1 cm³/mol. The molecule has 0 bridgehead atoms. The summed E-state index contributed by atoms with van der Waals surface area (Å²) in [5, 5.41) is 4.22. The summed E-state index contributed by atoms with van der Waals surface area (Å²) < 4.78 is 0. The van der Waals surface area contributed by atoms with Gasteiger partial charge in [0, 0.05) is 17.1 Å². The van der Waals surface area contributed by atoms with E-state index in [9.17, 15) is 0 Å². The quantitative estimate of drug-likeness (QED) is 0.899. The molecule has 1 saturated heterocycles. The molecule has 0 spiro atoms. The lowest BCUT2D eigenvalue weighted by molar-refractivity contribution is 0.182. The standard InChI is InChI=1S/C15H23ClN2/c1-11(2)18-9-8-12(10-17-3)15(18)13-6-4-5-7-14(13)16/h4-7,11-12,15,17H,8-10H2,1-3H3. The van der Waals surface area contributed by atoms with Gasteiger partial charge in [-0.1, -0.05) is 29.8 Å². The van der Waals surface area contributed by atoms with Crippen LogP contribution in [0.5, 0.6) is 0 Å². The van der Waals surface area contributed by atoms with Crippen LogP contribution in [0.3, 0.4) is 0 Å². The van der Waals surface area contributed by atoms with Crippen LogP contribution in [0.1, 0.15) is 31.9 Å². The number of likely N-dealkylation sites (tertiary alicyclic amines) is 1. The Morgan fingerprint density at radius 2 is 2.11 bits per heavy atom. The zero-order valence-electron chi connectivity index (χ0n) is 11.5. The molecule has 3 heteroatoms. The topological polar surface area (TPSA) is 15.3 Å². The summed E-state index contributed by atoms with van der Waals surface area (Å²) in [5.74, 6) is 0.650. The molecule has 0 radical (unpaired) electrons. The van der Waals surface area contributed by atoms with E-state index >= 15 is 0 Å². The molecule has 1 aromatic rings. The molecular formula is C15H23ClN2. The van der Waals surface area contributed by atoms with Crippen LogP contribution >= 0.6 is 11.6 Å². The molecule has 1 heterocycles. The third kappa shape index (κ3) is 2.71. The molecule has 18 heavy (non-hydrogen) atoms. The fourth-order valence-corrected chi connectivity index (χ4v) is 3.33. The van der Waals surface area contributed by atoms with Crippen LogP contribution in [0.25, 0.3) is 0 Å². The fraction of sp³-hybridized carbons (Fsp3) is 0.600. The molecular weight excluding hydrogens is 244 g/mol. The first-order valence-electron chi connectivity index (χ1n) is 6.80. The zero-order valence-corrected chi connectivity index (χ0v) is 12.2. The molecule has 0 aliphatic carbocycles. The molecule has 2 unspecified atom stereocenters. The molecule has 1 N–H and O–H groups in total. The predicted octanol–water partition coefficient (Wildman–Crippen LogP) is 3.33. The van der Waals surface area contributed by atoms with Crippen LogP contribution in [0.15, 0.2) is 24.3 Å². The summed E-state index contributed by atoms with van der Waals surface area (Å²) in [6.45, 7) is 6.76. The van der Waals surface area contributed by atoms with Gasteiger partial charge in [-0.05, 0) is 58.0 Å². The van der Waals surface area contributed by atoms with Crippen molar-refractivity contribution in [2.45, 2.75) is 32.4 Å². The average Bonchev–Trinajstić information content (AvgIpc) is 2.74. The van der Waals surface area contributed by atoms with Crippen LogP contribution < -0.4 is 5.32 Å². The molecule has 0 amide bonds. The van der Waals surface area contributed by atoms with Gasteiger partial charge >= 0.3 is 0 Å². The first-order chi connectivity index (χ1) is 8.65. The maximum atomic E-state index is 6.39. The molecule has 0 saturated carbocycles. The summed E-state index contributed by atoms with van der Waals surface area (Å²) in [4.78, 5) is 2.57. The SMILES string of the molecule is CNCC1CCN(C(C)C)C1c1ccccc1Cl. The Labute approximate surface area is 115 Å². The van der Waals surface area contributed by atoms with Crippen molar-refractivity contribution in [2.24, 2.45) is 5.92 Å².